The van der Waals surface area contributed by atoms with Crippen LogP contribution in [-0.2, 0) is 11.3 Å². The van der Waals surface area contributed by atoms with Gasteiger partial charge in [-0.2, -0.15) is 0 Å². The lowest BCUT2D eigenvalue weighted by Crippen LogP contribution is -2.38. The van der Waals surface area contributed by atoms with Gasteiger partial charge in [0.05, 0.1) is 19.3 Å². The number of aromatic nitrogens is 3. The molecule has 21 heavy (non-hydrogen) atoms. The van der Waals surface area contributed by atoms with Crippen LogP contribution in [0.2, 0.25) is 0 Å². The highest BCUT2D eigenvalue weighted by Crippen LogP contribution is 2.07. The van der Waals surface area contributed by atoms with Crippen LogP contribution in [0.15, 0.2) is 6.20 Å². The number of carbonyl (C=O) groups is 2. The van der Waals surface area contributed by atoms with Gasteiger partial charge in [0.1, 0.15) is 0 Å². The second kappa shape index (κ2) is 7.14. The zero-order chi connectivity index (χ0) is 15.2. The van der Waals surface area contributed by atoms with Crippen molar-refractivity contribution < 1.29 is 9.59 Å². The van der Waals surface area contributed by atoms with E-state index in [1.165, 1.54) is 6.20 Å². The summed E-state index contributed by atoms with van der Waals surface area (Å²) in [6, 6.07) is 0. The molecule has 116 valence electrons. The molecule has 2 heterocycles. The van der Waals surface area contributed by atoms with E-state index in [9.17, 15) is 9.59 Å². The molecule has 1 fully saturated rings. The lowest BCUT2D eigenvalue weighted by atomic mass is 10.4. The third kappa shape index (κ3) is 4.23. The van der Waals surface area contributed by atoms with Gasteiger partial charge in [-0.3, -0.25) is 24.6 Å². The SMILES string of the molecule is CN(CCn1cc(C(=O)NN)nn1)CC(=O)N1CCCC1. The first kappa shape index (κ1) is 15.4. The summed E-state index contributed by atoms with van der Waals surface area (Å²) >= 11 is 0. The van der Waals surface area contributed by atoms with Gasteiger partial charge in [0, 0.05) is 19.6 Å². The zero-order valence-electron chi connectivity index (χ0n) is 12.2. The summed E-state index contributed by atoms with van der Waals surface area (Å²) < 4.78 is 1.56. The number of rotatable bonds is 6. The molecule has 0 aromatic carbocycles. The number of nitrogens with zero attached hydrogens (tertiary/aromatic N) is 5. The first-order chi connectivity index (χ1) is 10.1. The molecule has 0 atom stereocenters. The largest absolute Gasteiger partial charge is 0.342 e. The Hall–Kier alpha value is -2.00. The summed E-state index contributed by atoms with van der Waals surface area (Å²) in [6.45, 7) is 3.33. The normalized spacial score (nSPS) is 14.7. The van der Waals surface area contributed by atoms with E-state index in [1.54, 1.807) is 4.68 Å². The lowest BCUT2D eigenvalue weighted by molar-refractivity contribution is -0.131. The Kier molecular flexibility index (Phi) is 5.23. The Morgan fingerprint density at radius 2 is 2.14 bits per heavy atom. The molecule has 0 unspecified atom stereocenters. The van der Waals surface area contributed by atoms with Gasteiger partial charge in [0.2, 0.25) is 5.91 Å². The maximum atomic E-state index is 12.0. The van der Waals surface area contributed by atoms with E-state index in [0.29, 0.717) is 19.6 Å². The van der Waals surface area contributed by atoms with Crippen LogP contribution in [0, 0.1) is 0 Å². The second-order valence-corrected chi connectivity index (χ2v) is 5.17. The Morgan fingerprint density at radius 1 is 1.43 bits per heavy atom. The Morgan fingerprint density at radius 3 is 2.81 bits per heavy atom. The van der Waals surface area contributed by atoms with Gasteiger partial charge in [-0.15, -0.1) is 5.10 Å². The fourth-order valence-electron chi connectivity index (χ4n) is 2.24. The molecule has 2 amide bonds. The number of hydrogen-bond acceptors (Lipinski definition) is 6. The fraction of sp³-hybridized carbons (Fsp3) is 0.667. The minimum Gasteiger partial charge on any atom is -0.342 e. The number of amides is 2. The molecule has 0 saturated carbocycles. The fourth-order valence-corrected chi connectivity index (χ4v) is 2.24. The highest BCUT2D eigenvalue weighted by molar-refractivity contribution is 5.91. The first-order valence-corrected chi connectivity index (χ1v) is 6.97. The average molecular weight is 295 g/mol. The molecule has 1 aromatic rings. The van der Waals surface area contributed by atoms with Crippen LogP contribution >= 0.6 is 0 Å². The number of hydrogen-bond donors (Lipinski definition) is 2. The van der Waals surface area contributed by atoms with E-state index < -0.39 is 5.91 Å². The third-order valence-electron chi connectivity index (χ3n) is 3.48. The number of hydrazine groups is 1. The smallest absolute Gasteiger partial charge is 0.287 e. The Labute approximate surface area is 123 Å². The van der Waals surface area contributed by atoms with Crippen molar-refractivity contribution in [3.8, 4) is 0 Å². The van der Waals surface area contributed by atoms with Crippen LogP contribution in [0.4, 0.5) is 0 Å². The van der Waals surface area contributed by atoms with Crippen LogP contribution in [0.5, 0.6) is 0 Å². The number of likely N-dealkylation sites (N-methyl/N-ethyl adjacent to an activating group) is 1. The quantitative estimate of drug-likeness (QED) is 0.373. The number of likely N-dealkylation sites (tertiary alicyclic amines) is 1. The molecule has 0 bridgehead atoms. The van der Waals surface area contributed by atoms with Crippen LogP contribution in [0.25, 0.3) is 0 Å². The molecule has 0 spiro atoms. The summed E-state index contributed by atoms with van der Waals surface area (Å²) in [5.74, 6) is 4.71. The predicted molar refractivity (Wildman–Crippen MR) is 75.0 cm³/mol. The first-order valence-electron chi connectivity index (χ1n) is 6.97. The lowest BCUT2D eigenvalue weighted by Gasteiger charge is -2.20. The minimum atomic E-state index is -0.473. The average Bonchev–Trinajstić information content (AvgIpc) is 3.15. The summed E-state index contributed by atoms with van der Waals surface area (Å²) in [4.78, 5) is 27.1. The van der Waals surface area contributed by atoms with Crippen molar-refractivity contribution in [1.29, 1.82) is 0 Å². The third-order valence-corrected chi connectivity index (χ3v) is 3.48. The van der Waals surface area contributed by atoms with Gasteiger partial charge in [0.25, 0.3) is 5.91 Å². The molecule has 1 aliphatic heterocycles. The van der Waals surface area contributed by atoms with Crippen molar-refractivity contribution in [1.82, 2.24) is 30.2 Å². The molecule has 2 rings (SSSR count). The maximum absolute atomic E-state index is 12.0. The maximum Gasteiger partial charge on any atom is 0.287 e. The van der Waals surface area contributed by atoms with Gasteiger partial charge < -0.3 is 4.90 Å². The monoisotopic (exact) mass is 295 g/mol. The van der Waals surface area contributed by atoms with E-state index in [4.69, 9.17) is 5.84 Å². The van der Waals surface area contributed by atoms with Crippen LogP contribution < -0.4 is 11.3 Å². The molecule has 3 N–H and O–H groups in total. The highest BCUT2D eigenvalue weighted by Gasteiger charge is 2.19. The van der Waals surface area contributed by atoms with E-state index in [0.717, 1.165) is 25.9 Å². The molecule has 0 aliphatic carbocycles. The predicted octanol–water partition coefficient (Wildman–Crippen LogP) is -1.56. The molecule has 0 radical (unpaired) electrons. The van der Waals surface area contributed by atoms with Crippen molar-refractivity contribution in [3.05, 3.63) is 11.9 Å². The Bertz CT molecular complexity index is 496. The summed E-state index contributed by atoms with van der Waals surface area (Å²) in [5.41, 5.74) is 2.18. The molecule has 1 aromatic heterocycles. The topological polar surface area (TPSA) is 109 Å². The number of nitrogen functional groups attached to an aromatic ring is 1. The number of carbonyl (C=O) groups excluding carboxylic acids is 2. The summed E-state index contributed by atoms with van der Waals surface area (Å²) in [5, 5.41) is 7.56. The van der Waals surface area contributed by atoms with Gasteiger partial charge in [-0.25, -0.2) is 5.84 Å². The van der Waals surface area contributed by atoms with Crippen molar-refractivity contribution in [2.75, 3.05) is 33.2 Å². The van der Waals surface area contributed by atoms with E-state index in [-0.39, 0.29) is 11.6 Å². The number of nitrogens with one attached hydrogen (secondary N) is 1. The van der Waals surface area contributed by atoms with Gasteiger partial charge >= 0.3 is 0 Å². The number of nitrogens with two attached hydrogens (primary N) is 1. The van der Waals surface area contributed by atoms with Gasteiger partial charge in [-0.05, 0) is 19.9 Å². The van der Waals surface area contributed by atoms with Crippen molar-refractivity contribution in [3.63, 3.8) is 0 Å². The van der Waals surface area contributed by atoms with Crippen molar-refractivity contribution in [2.24, 2.45) is 5.84 Å². The Balaban J connectivity index is 1.75. The molecular weight excluding hydrogens is 274 g/mol. The molecule has 1 saturated heterocycles. The summed E-state index contributed by atoms with van der Waals surface area (Å²) in [7, 11) is 1.89. The van der Waals surface area contributed by atoms with Gasteiger partial charge in [-0.1, -0.05) is 5.21 Å². The van der Waals surface area contributed by atoms with E-state index >= 15 is 0 Å². The van der Waals surface area contributed by atoms with Crippen LogP contribution in [0.1, 0.15) is 23.3 Å². The molecular formula is C12H21N7O2. The standard InChI is InChI=1S/C12H21N7O2/c1-17(9-11(20)18-4-2-3-5-18)6-7-19-8-10(15-16-19)12(21)14-13/h8H,2-7,9,13H2,1H3,(H,14,21). The molecule has 9 heteroatoms. The van der Waals surface area contributed by atoms with Gasteiger partial charge in [0.15, 0.2) is 5.69 Å². The van der Waals surface area contributed by atoms with Crippen LogP contribution in [0.3, 0.4) is 0 Å². The van der Waals surface area contributed by atoms with E-state index in [1.807, 2.05) is 22.3 Å². The minimum absolute atomic E-state index is 0.164. The zero-order valence-corrected chi connectivity index (χ0v) is 12.2. The van der Waals surface area contributed by atoms with Crippen LogP contribution in [-0.4, -0.2) is 69.8 Å². The molecule has 9 nitrogen and oxygen atoms in total. The van der Waals surface area contributed by atoms with E-state index in [2.05, 4.69) is 10.3 Å². The summed E-state index contributed by atoms with van der Waals surface area (Å²) in [6.07, 6.45) is 3.72. The molecule has 1 aliphatic rings. The second-order valence-electron chi connectivity index (χ2n) is 5.17. The van der Waals surface area contributed by atoms with Crippen molar-refractivity contribution in [2.45, 2.75) is 19.4 Å². The van der Waals surface area contributed by atoms with Crippen molar-refractivity contribution >= 4 is 11.8 Å². The highest BCUT2D eigenvalue weighted by atomic mass is 16.2.